The van der Waals surface area contributed by atoms with E-state index in [4.69, 9.17) is 4.74 Å². The van der Waals surface area contributed by atoms with E-state index in [2.05, 4.69) is 5.32 Å². The molecule has 0 aliphatic carbocycles. The molecule has 0 fully saturated rings. The zero-order valence-corrected chi connectivity index (χ0v) is 11.8. The Morgan fingerprint density at radius 3 is 2.30 bits per heavy atom. The minimum absolute atomic E-state index is 0.0175. The van der Waals surface area contributed by atoms with Gasteiger partial charge in [-0.05, 0) is 36.2 Å². The predicted octanol–water partition coefficient (Wildman–Crippen LogP) is 3.83. The number of carbonyl (C=O) groups excluding carboxylic acids is 1. The molecular weight excluding hydrogens is 250 g/mol. The summed E-state index contributed by atoms with van der Waals surface area (Å²) in [6, 6.07) is 17.2. The van der Waals surface area contributed by atoms with Crippen LogP contribution in [0.4, 0.5) is 5.69 Å². The van der Waals surface area contributed by atoms with Gasteiger partial charge in [0.25, 0.3) is 0 Å². The molecule has 1 amide bonds. The highest BCUT2D eigenvalue weighted by Gasteiger charge is 2.18. The van der Waals surface area contributed by atoms with Gasteiger partial charge >= 0.3 is 0 Å². The van der Waals surface area contributed by atoms with Crippen molar-refractivity contribution in [1.29, 1.82) is 0 Å². The van der Waals surface area contributed by atoms with E-state index in [1.165, 1.54) is 0 Å². The van der Waals surface area contributed by atoms with Gasteiger partial charge in [-0.15, -0.1) is 0 Å². The van der Waals surface area contributed by atoms with Crippen molar-refractivity contribution in [2.45, 2.75) is 19.3 Å². The Hall–Kier alpha value is -2.29. The van der Waals surface area contributed by atoms with Gasteiger partial charge in [-0.3, -0.25) is 4.79 Å². The van der Waals surface area contributed by atoms with Crippen LogP contribution in [0.15, 0.2) is 54.6 Å². The molecule has 0 saturated carbocycles. The molecule has 3 heteroatoms. The van der Waals surface area contributed by atoms with Crippen LogP contribution in [0.25, 0.3) is 0 Å². The Morgan fingerprint density at radius 1 is 1.10 bits per heavy atom. The average Bonchev–Trinajstić information content (AvgIpc) is 2.50. The van der Waals surface area contributed by atoms with Crippen LogP contribution in [0.2, 0.25) is 0 Å². The fourth-order valence-electron chi connectivity index (χ4n) is 2.16. The Kier molecular flexibility index (Phi) is 4.77. The highest BCUT2D eigenvalue weighted by Crippen LogP contribution is 2.22. The number of rotatable bonds is 5. The van der Waals surface area contributed by atoms with Crippen LogP contribution in [0.3, 0.4) is 0 Å². The molecule has 2 rings (SSSR count). The van der Waals surface area contributed by atoms with Crippen LogP contribution >= 0.6 is 0 Å². The summed E-state index contributed by atoms with van der Waals surface area (Å²) in [6.45, 7) is 2.02. The molecule has 3 nitrogen and oxygen atoms in total. The van der Waals surface area contributed by atoms with Crippen LogP contribution < -0.4 is 10.1 Å². The summed E-state index contributed by atoms with van der Waals surface area (Å²) in [5, 5.41) is 2.95. The molecule has 0 aliphatic rings. The number of amides is 1. The Balaban J connectivity index is 2.09. The number of carbonyl (C=O) groups is 1. The van der Waals surface area contributed by atoms with Crippen LogP contribution in [0.5, 0.6) is 5.75 Å². The predicted molar refractivity (Wildman–Crippen MR) is 81.1 cm³/mol. The van der Waals surface area contributed by atoms with E-state index in [-0.39, 0.29) is 11.8 Å². The lowest BCUT2D eigenvalue weighted by molar-refractivity contribution is -0.117. The zero-order valence-electron chi connectivity index (χ0n) is 11.8. The second kappa shape index (κ2) is 6.75. The van der Waals surface area contributed by atoms with Crippen LogP contribution in [0.1, 0.15) is 24.8 Å². The van der Waals surface area contributed by atoms with Crippen LogP contribution in [-0.4, -0.2) is 13.0 Å². The zero-order chi connectivity index (χ0) is 14.4. The van der Waals surface area contributed by atoms with Gasteiger partial charge in [-0.1, -0.05) is 37.3 Å². The van der Waals surface area contributed by atoms with Gasteiger partial charge in [-0.25, -0.2) is 0 Å². The summed E-state index contributed by atoms with van der Waals surface area (Å²) in [7, 11) is 1.62. The second-order valence-electron chi connectivity index (χ2n) is 4.59. The van der Waals surface area contributed by atoms with E-state index < -0.39 is 0 Å². The van der Waals surface area contributed by atoms with E-state index in [1.54, 1.807) is 7.11 Å². The summed E-state index contributed by atoms with van der Waals surface area (Å²) in [4.78, 5) is 12.4. The Morgan fingerprint density at radius 2 is 1.75 bits per heavy atom. The van der Waals surface area contributed by atoms with Crippen molar-refractivity contribution in [1.82, 2.24) is 0 Å². The molecular formula is C17H19NO2. The van der Waals surface area contributed by atoms with Gasteiger partial charge in [-0.2, -0.15) is 0 Å². The number of hydrogen-bond donors (Lipinski definition) is 1. The minimum atomic E-state index is -0.127. The van der Waals surface area contributed by atoms with Gasteiger partial charge in [0.05, 0.1) is 13.0 Å². The minimum Gasteiger partial charge on any atom is -0.497 e. The summed E-state index contributed by atoms with van der Waals surface area (Å²) in [5.41, 5.74) is 1.83. The van der Waals surface area contributed by atoms with Crippen molar-refractivity contribution in [3.63, 3.8) is 0 Å². The summed E-state index contributed by atoms with van der Waals surface area (Å²) in [6.07, 6.45) is 0.770. The van der Waals surface area contributed by atoms with Gasteiger partial charge in [0.15, 0.2) is 0 Å². The van der Waals surface area contributed by atoms with Crippen LogP contribution in [0, 0.1) is 0 Å². The topological polar surface area (TPSA) is 38.3 Å². The van der Waals surface area contributed by atoms with Crippen molar-refractivity contribution in [2.24, 2.45) is 0 Å². The number of nitrogens with one attached hydrogen (secondary N) is 1. The van der Waals surface area contributed by atoms with Crippen molar-refractivity contribution in [2.75, 3.05) is 12.4 Å². The largest absolute Gasteiger partial charge is 0.497 e. The summed E-state index contributed by atoms with van der Waals surface area (Å²) < 4.78 is 5.10. The number of hydrogen-bond acceptors (Lipinski definition) is 2. The third kappa shape index (κ3) is 3.38. The summed E-state index contributed by atoms with van der Waals surface area (Å²) in [5.74, 6) is 0.667. The molecule has 2 aromatic carbocycles. The lowest BCUT2D eigenvalue weighted by Gasteiger charge is -2.15. The molecule has 0 heterocycles. The first-order valence-electron chi connectivity index (χ1n) is 6.74. The molecule has 0 bridgehead atoms. The number of methoxy groups -OCH3 is 1. The molecule has 1 N–H and O–H groups in total. The number of ether oxygens (including phenoxy) is 1. The number of benzene rings is 2. The van der Waals surface area contributed by atoms with E-state index >= 15 is 0 Å². The third-order valence-electron chi connectivity index (χ3n) is 3.28. The van der Waals surface area contributed by atoms with Crippen LogP contribution in [-0.2, 0) is 4.79 Å². The smallest absolute Gasteiger partial charge is 0.231 e. The van der Waals surface area contributed by atoms with Gasteiger partial charge in [0.1, 0.15) is 5.75 Å². The Labute approximate surface area is 119 Å². The van der Waals surface area contributed by atoms with Crippen molar-refractivity contribution < 1.29 is 9.53 Å². The standard InChI is InChI=1S/C17H19NO2/c1-3-16(13-7-5-4-6-8-13)17(19)18-14-9-11-15(20-2)12-10-14/h4-12,16H,3H2,1-2H3,(H,18,19)/t16-/m1/s1. The summed E-state index contributed by atoms with van der Waals surface area (Å²) >= 11 is 0. The normalized spacial score (nSPS) is 11.7. The highest BCUT2D eigenvalue weighted by atomic mass is 16.5. The molecule has 0 radical (unpaired) electrons. The Bertz CT molecular complexity index is 549. The first-order valence-corrected chi connectivity index (χ1v) is 6.74. The molecule has 1 atom stereocenters. The number of anilines is 1. The average molecular weight is 269 g/mol. The molecule has 0 spiro atoms. The molecule has 20 heavy (non-hydrogen) atoms. The quantitative estimate of drug-likeness (QED) is 0.896. The molecule has 0 aromatic heterocycles. The monoisotopic (exact) mass is 269 g/mol. The molecule has 0 saturated heterocycles. The lowest BCUT2D eigenvalue weighted by atomic mass is 9.95. The highest BCUT2D eigenvalue weighted by molar-refractivity contribution is 5.95. The van der Waals surface area contributed by atoms with Gasteiger partial charge in [0.2, 0.25) is 5.91 Å². The molecule has 0 aliphatic heterocycles. The third-order valence-corrected chi connectivity index (χ3v) is 3.28. The molecule has 104 valence electrons. The fourth-order valence-corrected chi connectivity index (χ4v) is 2.16. The lowest BCUT2D eigenvalue weighted by Crippen LogP contribution is -2.20. The van der Waals surface area contributed by atoms with Crippen molar-refractivity contribution in [3.05, 3.63) is 60.2 Å². The fraction of sp³-hybridized carbons (Fsp3) is 0.235. The van der Waals surface area contributed by atoms with Crippen molar-refractivity contribution in [3.8, 4) is 5.75 Å². The first kappa shape index (κ1) is 14.1. The van der Waals surface area contributed by atoms with Gasteiger partial charge < -0.3 is 10.1 Å². The van der Waals surface area contributed by atoms with Gasteiger partial charge in [0, 0.05) is 5.69 Å². The molecule has 2 aromatic rings. The van der Waals surface area contributed by atoms with E-state index in [0.717, 1.165) is 23.4 Å². The van der Waals surface area contributed by atoms with E-state index in [9.17, 15) is 4.79 Å². The molecule has 0 unspecified atom stereocenters. The van der Waals surface area contributed by atoms with E-state index in [0.29, 0.717) is 0 Å². The van der Waals surface area contributed by atoms with Crippen molar-refractivity contribution >= 4 is 11.6 Å². The maximum Gasteiger partial charge on any atom is 0.231 e. The van der Waals surface area contributed by atoms with E-state index in [1.807, 2.05) is 61.5 Å². The maximum atomic E-state index is 12.4. The maximum absolute atomic E-state index is 12.4. The first-order chi connectivity index (χ1) is 9.74. The SMILES string of the molecule is CC[C@@H](C(=O)Nc1ccc(OC)cc1)c1ccccc1. The second-order valence-corrected chi connectivity index (χ2v) is 4.59.